The number of benzene rings is 9. The highest BCUT2D eigenvalue weighted by atomic mass is 32.1. The molecule has 0 amide bonds. The predicted octanol–water partition coefficient (Wildman–Crippen LogP) is 15.1. The van der Waals surface area contributed by atoms with Crippen LogP contribution in [0.3, 0.4) is 0 Å². The normalized spacial score (nSPS) is 11.6. The quantitative estimate of drug-likeness (QED) is 0.166. The number of hydrogen-bond donors (Lipinski definition) is 0. The van der Waals surface area contributed by atoms with E-state index >= 15 is 0 Å². The molecule has 11 rings (SSSR count). The predicted molar refractivity (Wildman–Crippen MR) is 237 cm³/mol. The fourth-order valence-electron chi connectivity index (χ4n) is 8.35. The molecule has 0 saturated heterocycles. The Kier molecular flexibility index (Phi) is 7.39. The van der Waals surface area contributed by atoms with Gasteiger partial charge in [0.15, 0.2) is 0 Å². The molecule has 0 saturated carbocycles. The van der Waals surface area contributed by atoms with Gasteiger partial charge in [-0.1, -0.05) is 133 Å². The second-order valence-electron chi connectivity index (χ2n) is 14.2. The summed E-state index contributed by atoms with van der Waals surface area (Å²) in [6, 6.07) is 75.1. The van der Waals surface area contributed by atoms with Crippen LogP contribution in [0.4, 0.5) is 17.1 Å². The average molecular weight is 719 g/mol. The molecule has 0 unspecified atom stereocenters. The minimum atomic E-state index is 1.11. The molecule has 9 aromatic carbocycles. The Labute approximate surface area is 323 Å². The number of hydrogen-bond acceptors (Lipinski definition) is 2. The van der Waals surface area contributed by atoms with E-state index in [1.54, 1.807) is 0 Å². The lowest BCUT2D eigenvalue weighted by molar-refractivity contribution is 1.18. The van der Waals surface area contributed by atoms with Crippen molar-refractivity contribution in [2.45, 2.75) is 0 Å². The molecule has 0 radical (unpaired) electrons. The zero-order valence-electron chi connectivity index (χ0n) is 29.9. The molecular weight excluding hydrogens is 685 g/mol. The molecule has 0 aliphatic heterocycles. The van der Waals surface area contributed by atoms with E-state index in [2.05, 4.69) is 216 Å². The summed E-state index contributed by atoms with van der Waals surface area (Å²) < 4.78 is 5.07. The summed E-state index contributed by atoms with van der Waals surface area (Å²) in [6.07, 6.45) is 0. The van der Waals surface area contributed by atoms with Gasteiger partial charge >= 0.3 is 0 Å². The summed E-state index contributed by atoms with van der Waals surface area (Å²) in [5.41, 5.74) is 11.7. The first-order valence-corrected chi connectivity index (χ1v) is 19.6. The first kappa shape index (κ1) is 31.6. The summed E-state index contributed by atoms with van der Waals surface area (Å²) in [5, 5.41) is 7.69. The van der Waals surface area contributed by atoms with Crippen molar-refractivity contribution in [3.05, 3.63) is 206 Å². The van der Waals surface area contributed by atoms with Gasteiger partial charge in [0.25, 0.3) is 0 Å². The van der Waals surface area contributed by atoms with Gasteiger partial charge in [0.1, 0.15) is 0 Å². The highest BCUT2D eigenvalue weighted by Crippen LogP contribution is 2.44. The SMILES string of the molecule is c1ccc(-c2ccc(N(c3ccccc3)c3cccc4c3c3ccccc3n4-c3ccc(-c4ccc5c(c4)sc4cc6ccccc6cc45)cc3)cc2)cc1. The monoisotopic (exact) mass is 718 g/mol. The standard InChI is InChI=1S/C52H34N2S/c1-3-12-35(13-4-1)36-22-27-42(28-23-36)53(41-16-5-2-6-17-41)48-20-11-21-49-52(48)45-18-9-10-19-47(45)54(49)43-29-24-37(25-30-43)40-26-31-44-46-32-38-14-7-8-15-39(38)33-51(46)55-50(44)34-40/h1-34H. The molecule has 2 aromatic heterocycles. The van der Waals surface area contributed by atoms with Crippen LogP contribution in [0.1, 0.15) is 0 Å². The van der Waals surface area contributed by atoms with E-state index in [1.807, 2.05) is 11.3 Å². The molecule has 2 nitrogen and oxygen atoms in total. The molecule has 55 heavy (non-hydrogen) atoms. The second kappa shape index (κ2) is 12.9. The van der Waals surface area contributed by atoms with Crippen LogP contribution >= 0.6 is 11.3 Å². The highest BCUT2D eigenvalue weighted by Gasteiger charge is 2.21. The first-order valence-electron chi connectivity index (χ1n) is 18.8. The zero-order chi connectivity index (χ0) is 36.3. The number of thiophene rings is 1. The number of para-hydroxylation sites is 2. The van der Waals surface area contributed by atoms with Crippen molar-refractivity contribution in [1.29, 1.82) is 0 Å². The van der Waals surface area contributed by atoms with Gasteiger partial charge in [-0.3, -0.25) is 0 Å². The third-order valence-corrected chi connectivity index (χ3v) is 12.1. The molecule has 3 heteroatoms. The minimum absolute atomic E-state index is 1.11. The van der Waals surface area contributed by atoms with Crippen LogP contribution in [-0.2, 0) is 0 Å². The van der Waals surface area contributed by atoms with Gasteiger partial charge in [0.2, 0.25) is 0 Å². The maximum atomic E-state index is 2.42. The van der Waals surface area contributed by atoms with E-state index in [4.69, 9.17) is 0 Å². The Balaban J connectivity index is 1.02. The summed E-state index contributed by atoms with van der Waals surface area (Å²) in [7, 11) is 0. The van der Waals surface area contributed by atoms with Gasteiger partial charge < -0.3 is 9.47 Å². The van der Waals surface area contributed by atoms with Gasteiger partial charge in [0, 0.05) is 48.0 Å². The Morgan fingerprint density at radius 2 is 0.945 bits per heavy atom. The number of fused-ring (bicyclic) bond motifs is 7. The van der Waals surface area contributed by atoms with Crippen LogP contribution in [0, 0.1) is 0 Å². The summed E-state index contributed by atoms with van der Waals surface area (Å²) in [5.74, 6) is 0. The van der Waals surface area contributed by atoms with Gasteiger partial charge in [-0.15, -0.1) is 11.3 Å². The van der Waals surface area contributed by atoms with Gasteiger partial charge in [0.05, 0.1) is 16.7 Å². The highest BCUT2D eigenvalue weighted by molar-refractivity contribution is 7.25. The first-order chi connectivity index (χ1) is 27.3. The maximum absolute atomic E-state index is 2.42. The smallest absolute Gasteiger partial charge is 0.0562 e. The van der Waals surface area contributed by atoms with Crippen molar-refractivity contribution in [2.75, 3.05) is 4.90 Å². The fourth-order valence-corrected chi connectivity index (χ4v) is 9.52. The van der Waals surface area contributed by atoms with E-state index in [0.29, 0.717) is 0 Å². The van der Waals surface area contributed by atoms with Crippen LogP contribution in [0.15, 0.2) is 206 Å². The molecule has 2 heterocycles. The zero-order valence-corrected chi connectivity index (χ0v) is 30.7. The molecule has 0 bridgehead atoms. The topological polar surface area (TPSA) is 8.17 Å². The molecule has 0 N–H and O–H groups in total. The number of nitrogens with zero attached hydrogens (tertiary/aromatic N) is 2. The van der Waals surface area contributed by atoms with Gasteiger partial charge in [-0.2, -0.15) is 0 Å². The maximum Gasteiger partial charge on any atom is 0.0562 e. The summed E-state index contributed by atoms with van der Waals surface area (Å²) >= 11 is 1.88. The Bertz CT molecular complexity index is 3180. The average Bonchev–Trinajstić information content (AvgIpc) is 3.79. The van der Waals surface area contributed by atoms with E-state index in [-0.39, 0.29) is 0 Å². The van der Waals surface area contributed by atoms with Crippen LogP contribution in [0.25, 0.3) is 80.7 Å². The molecule has 0 spiro atoms. The molecule has 0 fully saturated rings. The molecule has 258 valence electrons. The minimum Gasteiger partial charge on any atom is -0.310 e. The summed E-state index contributed by atoms with van der Waals surface area (Å²) in [6.45, 7) is 0. The van der Waals surface area contributed by atoms with E-state index in [9.17, 15) is 0 Å². The van der Waals surface area contributed by atoms with Crippen molar-refractivity contribution in [2.24, 2.45) is 0 Å². The van der Waals surface area contributed by atoms with Crippen molar-refractivity contribution < 1.29 is 0 Å². The lowest BCUT2D eigenvalue weighted by Crippen LogP contribution is -2.10. The lowest BCUT2D eigenvalue weighted by Gasteiger charge is -2.26. The summed E-state index contributed by atoms with van der Waals surface area (Å²) in [4.78, 5) is 2.39. The number of rotatable bonds is 6. The second-order valence-corrected chi connectivity index (χ2v) is 15.2. The molecule has 11 aromatic rings. The van der Waals surface area contributed by atoms with Gasteiger partial charge in [-0.25, -0.2) is 0 Å². The molecule has 0 aliphatic carbocycles. The van der Waals surface area contributed by atoms with Crippen molar-refractivity contribution in [3.8, 4) is 27.9 Å². The van der Waals surface area contributed by atoms with E-state index in [0.717, 1.165) is 22.7 Å². The van der Waals surface area contributed by atoms with Gasteiger partial charge in [-0.05, 0) is 106 Å². The third-order valence-electron chi connectivity index (χ3n) is 11.0. The third kappa shape index (κ3) is 5.32. The Morgan fingerprint density at radius 3 is 1.75 bits per heavy atom. The van der Waals surface area contributed by atoms with Crippen LogP contribution < -0.4 is 4.90 Å². The van der Waals surface area contributed by atoms with E-state index in [1.165, 1.54) is 75.0 Å². The van der Waals surface area contributed by atoms with Crippen molar-refractivity contribution in [1.82, 2.24) is 4.57 Å². The molecule has 0 aliphatic rings. The largest absolute Gasteiger partial charge is 0.310 e. The Hall–Kier alpha value is -6.94. The van der Waals surface area contributed by atoms with E-state index < -0.39 is 0 Å². The number of aromatic nitrogens is 1. The molecular formula is C52H34N2S. The lowest BCUT2D eigenvalue weighted by atomic mass is 10.0. The number of anilines is 3. The fraction of sp³-hybridized carbons (Fsp3) is 0. The van der Waals surface area contributed by atoms with Crippen LogP contribution in [0.5, 0.6) is 0 Å². The van der Waals surface area contributed by atoms with Crippen molar-refractivity contribution in [3.63, 3.8) is 0 Å². The van der Waals surface area contributed by atoms with Crippen LogP contribution in [0.2, 0.25) is 0 Å². The Morgan fingerprint density at radius 1 is 0.364 bits per heavy atom. The molecule has 0 atom stereocenters. The van der Waals surface area contributed by atoms with Crippen LogP contribution in [-0.4, -0.2) is 4.57 Å². The van der Waals surface area contributed by atoms with Crippen molar-refractivity contribution >= 4 is 81.1 Å².